The van der Waals surface area contributed by atoms with E-state index >= 15 is 0 Å². The minimum absolute atomic E-state index is 0.474. The number of ether oxygens (including phenoxy) is 1. The molecule has 2 amide bonds. The standard InChI is InChI=1S/C17H18N2O3/c1-12-9-10-15(22-3)14(11-12)18-16(20)17(21)19(2)13-7-5-4-6-8-13/h4-11H,1-3H3,(H,18,20). The summed E-state index contributed by atoms with van der Waals surface area (Å²) in [4.78, 5) is 25.7. The summed E-state index contributed by atoms with van der Waals surface area (Å²) in [6.07, 6.45) is 0. The lowest BCUT2D eigenvalue weighted by molar-refractivity contribution is -0.134. The minimum Gasteiger partial charge on any atom is -0.495 e. The van der Waals surface area contributed by atoms with E-state index in [4.69, 9.17) is 4.74 Å². The lowest BCUT2D eigenvalue weighted by Gasteiger charge is -2.17. The molecular weight excluding hydrogens is 280 g/mol. The summed E-state index contributed by atoms with van der Waals surface area (Å²) < 4.78 is 5.19. The summed E-state index contributed by atoms with van der Waals surface area (Å²) in [7, 11) is 3.07. The molecule has 114 valence electrons. The first kappa shape index (κ1) is 15.6. The molecule has 5 nitrogen and oxygen atoms in total. The number of para-hydroxylation sites is 1. The Balaban J connectivity index is 2.15. The molecule has 0 bridgehead atoms. The number of amides is 2. The van der Waals surface area contributed by atoms with Crippen LogP contribution in [0.15, 0.2) is 48.5 Å². The van der Waals surface area contributed by atoms with Crippen molar-refractivity contribution in [3.8, 4) is 5.75 Å². The summed E-state index contributed by atoms with van der Waals surface area (Å²) in [5.41, 5.74) is 2.08. The first-order chi connectivity index (χ1) is 10.5. The molecule has 0 radical (unpaired) electrons. The number of anilines is 2. The van der Waals surface area contributed by atoms with Gasteiger partial charge >= 0.3 is 11.8 Å². The Labute approximate surface area is 129 Å². The fraction of sp³-hybridized carbons (Fsp3) is 0.176. The molecule has 0 saturated carbocycles. The lowest BCUT2D eigenvalue weighted by atomic mass is 10.2. The van der Waals surface area contributed by atoms with Gasteiger partial charge in [0.25, 0.3) is 0 Å². The van der Waals surface area contributed by atoms with Crippen LogP contribution in [0.1, 0.15) is 5.56 Å². The van der Waals surface area contributed by atoms with E-state index in [1.807, 2.05) is 19.1 Å². The molecule has 0 aliphatic rings. The Hall–Kier alpha value is -2.82. The molecule has 0 atom stereocenters. The van der Waals surface area contributed by atoms with E-state index in [-0.39, 0.29) is 0 Å². The maximum Gasteiger partial charge on any atom is 0.316 e. The average Bonchev–Trinajstić information content (AvgIpc) is 2.54. The van der Waals surface area contributed by atoms with Crippen molar-refractivity contribution in [2.45, 2.75) is 6.92 Å². The van der Waals surface area contributed by atoms with Gasteiger partial charge in [0, 0.05) is 12.7 Å². The van der Waals surface area contributed by atoms with Crippen LogP contribution in [0.5, 0.6) is 5.75 Å². The van der Waals surface area contributed by atoms with E-state index in [0.29, 0.717) is 17.1 Å². The van der Waals surface area contributed by atoms with Crippen LogP contribution in [0.3, 0.4) is 0 Å². The van der Waals surface area contributed by atoms with Crippen molar-refractivity contribution in [2.24, 2.45) is 0 Å². The van der Waals surface area contributed by atoms with Gasteiger partial charge in [-0.25, -0.2) is 0 Å². The molecule has 0 aliphatic heterocycles. The second kappa shape index (κ2) is 6.76. The van der Waals surface area contributed by atoms with Crippen LogP contribution >= 0.6 is 0 Å². The number of nitrogens with one attached hydrogen (secondary N) is 1. The monoisotopic (exact) mass is 298 g/mol. The number of carbonyl (C=O) groups is 2. The van der Waals surface area contributed by atoms with Crippen LogP contribution in [0.2, 0.25) is 0 Å². The molecule has 5 heteroatoms. The van der Waals surface area contributed by atoms with E-state index in [1.54, 1.807) is 43.4 Å². The summed E-state index contributed by atoms with van der Waals surface area (Å²) in [6.45, 7) is 1.90. The zero-order valence-corrected chi connectivity index (χ0v) is 12.8. The van der Waals surface area contributed by atoms with Crippen molar-refractivity contribution in [1.29, 1.82) is 0 Å². The molecule has 0 heterocycles. The van der Waals surface area contributed by atoms with Gasteiger partial charge < -0.3 is 15.0 Å². The Bertz CT molecular complexity index is 684. The number of carbonyl (C=O) groups excluding carboxylic acids is 2. The van der Waals surface area contributed by atoms with Crippen LogP contribution in [0, 0.1) is 6.92 Å². The Morgan fingerprint density at radius 2 is 1.77 bits per heavy atom. The number of nitrogens with zero attached hydrogens (tertiary/aromatic N) is 1. The second-order valence-electron chi connectivity index (χ2n) is 4.86. The fourth-order valence-electron chi connectivity index (χ4n) is 2.02. The highest BCUT2D eigenvalue weighted by Gasteiger charge is 2.21. The maximum atomic E-state index is 12.2. The van der Waals surface area contributed by atoms with Crippen molar-refractivity contribution < 1.29 is 14.3 Å². The van der Waals surface area contributed by atoms with Gasteiger partial charge in [-0.05, 0) is 36.8 Å². The smallest absolute Gasteiger partial charge is 0.316 e. The van der Waals surface area contributed by atoms with Crippen molar-refractivity contribution in [3.05, 3.63) is 54.1 Å². The Morgan fingerprint density at radius 3 is 2.41 bits per heavy atom. The van der Waals surface area contributed by atoms with Gasteiger partial charge in [-0.1, -0.05) is 24.3 Å². The number of hydrogen-bond donors (Lipinski definition) is 1. The molecular formula is C17H18N2O3. The van der Waals surface area contributed by atoms with Crippen LogP contribution in [0.4, 0.5) is 11.4 Å². The fourth-order valence-corrected chi connectivity index (χ4v) is 2.02. The second-order valence-corrected chi connectivity index (χ2v) is 4.86. The Morgan fingerprint density at radius 1 is 1.09 bits per heavy atom. The van der Waals surface area contributed by atoms with Crippen LogP contribution in [0.25, 0.3) is 0 Å². The minimum atomic E-state index is -0.713. The van der Waals surface area contributed by atoms with E-state index in [2.05, 4.69) is 5.32 Å². The summed E-state index contributed by atoms with van der Waals surface area (Å²) in [5.74, 6) is -0.848. The van der Waals surface area contributed by atoms with Gasteiger partial charge in [0.05, 0.1) is 12.8 Å². The number of rotatable bonds is 3. The van der Waals surface area contributed by atoms with Gasteiger partial charge in [0.2, 0.25) is 0 Å². The number of aryl methyl sites for hydroxylation is 1. The van der Waals surface area contributed by atoms with Gasteiger partial charge in [0.1, 0.15) is 5.75 Å². The van der Waals surface area contributed by atoms with Crippen LogP contribution < -0.4 is 15.0 Å². The van der Waals surface area contributed by atoms with Gasteiger partial charge in [-0.2, -0.15) is 0 Å². The Kier molecular flexibility index (Phi) is 4.78. The molecule has 0 aliphatic carbocycles. The topological polar surface area (TPSA) is 58.6 Å². The molecule has 0 spiro atoms. The number of hydrogen-bond acceptors (Lipinski definition) is 3. The average molecular weight is 298 g/mol. The van der Waals surface area contributed by atoms with Crippen molar-refractivity contribution in [3.63, 3.8) is 0 Å². The summed E-state index contributed by atoms with van der Waals surface area (Å²) in [5, 5.41) is 2.60. The molecule has 2 aromatic carbocycles. The van der Waals surface area contributed by atoms with Gasteiger partial charge in [0.15, 0.2) is 0 Å². The number of benzene rings is 2. The first-order valence-corrected chi connectivity index (χ1v) is 6.81. The van der Waals surface area contributed by atoms with E-state index < -0.39 is 11.8 Å². The third kappa shape index (κ3) is 3.44. The highest BCUT2D eigenvalue weighted by atomic mass is 16.5. The van der Waals surface area contributed by atoms with Gasteiger partial charge in [-0.3, -0.25) is 9.59 Å². The maximum absolute atomic E-state index is 12.2. The van der Waals surface area contributed by atoms with E-state index in [1.165, 1.54) is 12.0 Å². The zero-order chi connectivity index (χ0) is 16.1. The zero-order valence-electron chi connectivity index (χ0n) is 12.8. The molecule has 0 saturated heterocycles. The van der Waals surface area contributed by atoms with Crippen LogP contribution in [-0.4, -0.2) is 26.0 Å². The molecule has 0 fully saturated rings. The van der Waals surface area contributed by atoms with Crippen molar-refractivity contribution in [2.75, 3.05) is 24.4 Å². The number of methoxy groups -OCH3 is 1. The van der Waals surface area contributed by atoms with Crippen molar-refractivity contribution >= 4 is 23.2 Å². The number of likely N-dealkylation sites (N-methyl/N-ethyl adjacent to an activating group) is 1. The normalized spacial score (nSPS) is 9.95. The highest BCUT2D eigenvalue weighted by Crippen LogP contribution is 2.25. The summed E-state index contributed by atoms with van der Waals surface area (Å²) >= 11 is 0. The molecule has 2 aromatic rings. The molecule has 0 aromatic heterocycles. The van der Waals surface area contributed by atoms with Crippen LogP contribution in [-0.2, 0) is 9.59 Å². The SMILES string of the molecule is COc1ccc(C)cc1NC(=O)C(=O)N(C)c1ccccc1. The van der Waals surface area contributed by atoms with Gasteiger partial charge in [-0.15, -0.1) is 0 Å². The largest absolute Gasteiger partial charge is 0.495 e. The van der Waals surface area contributed by atoms with Crippen molar-refractivity contribution in [1.82, 2.24) is 0 Å². The predicted octanol–water partition coefficient (Wildman–Crippen LogP) is 2.61. The molecule has 2 rings (SSSR count). The lowest BCUT2D eigenvalue weighted by Crippen LogP contribution is -2.37. The molecule has 22 heavy (non-hydrogen) atoms. The predicted molar refractivity (Wildman–Crippen MR) is 86.2 cm³/mol. The third-order valence-corrected chi connectivity index (χ3v) is 3.25. The quantitative estimate of drug-likeness (QED) is 0.886. The molecule has 1 N–H and O–H groups in total. The first-order valence-electron chi connectivity index (χ1n) is 6.81. The third-order valence-electron chi connectivity index (χ3n) is 3.25. The van der Waals surface area contributed by atoms with E-state index in [0.717, 1.165) is 5.56 Å². The molecule has 0 unspecified atom stereocenters. The highest BCUT2D eigenvalue weighted by molar-refractivity contribution is 6.44. The summed E-state index contributed by atoms with van der Waals surface area (Å²) in [6, 6.07) is 14.4. The van der Waals surface area contributed by atoms with E-state index in [9.17, 15) is 9.59 Å².